The van der Waals surface area contributed by atoms with Crippen molar-refractivity contribution in [3.63, 3.8) is 0 Å². The van der Waals surface area contributed by atoms with Crippen molar-refractivity contribution in [2.45, 2.75) is 50.5 Å². The van der Waals surface area contributed by atoms with E-state index in [0.29, 0.717) is 31.4 Å². The lowest BCUT2D eigenvalue weighted by Crippen LogP contribution is -2.37. The molecular formula is C20H25N7O4. The van der Waals surface area contributed by atoms with Crippen LogP contribution in [-0.4, -0.2) is 56.0 Å². The highest BCUT2D eigenvalue weighted by Gasteiger charge is 2.40. The highest BCUT2D eigenvalue weighted by Crippen LogP contribution is 2.35. The number of nitrogens with zero attached hydrogens (tertiary/aromatic N) is 4. The van der Waals surface area contributed by atoms with Crippen molar-refractivity contribution in [1.29, 1.82) is 0 Å². The Morgan fingerprint density at radius 2 is 2.32 bits per heavy atom. The number of ether oxygens (including phenoxy) is 3. The van der Waals surface area contributed by atoms with Crippen LogP contribution in [-0.2, 0) is 20.8 Å². The Hall–Kier alpha value is -3.18. The summed E-state index contributed by atoms with van der Waals surface area (Å²) in [6.07, 6.45) is 5.22. The van der Waals surface area contributed by atoms with E-state index >= 15 is 0 Å². The predicted molar refractivity (Wildman–Crippen MR) is 110 cm³/mol. The van der Waals surface area contributed by atoms with Gasteiger partial charge in [0.15, 0.2) is 5.82 Å². The van der Waals surface area contributed by atoms with E-state index in [1.165, 1.54) is 0 Å². The molecule has 2 atom stereocenters. The van der Waals surface area contributed by atoms with Crippen LogP contribution in [0.1, 0.15) is 43.7 Å². The second-order valence-corrected chi connectivity index (χ2v) is 8.27. The van der Waals surface area contributed by atoms with Gasteiger partial charge in [0, 0.05) is 37.5 Å². The summed E-state index contributed by atoms with van der Waals surface area (Å²) in [5.41, 5.74) is 2.28. The fraction of sp³-hybridized carbons (Fsp3) is 0.500. The van der Waals surface area contributed by atoms with E-state index in [4.69, 9.17) is 14.2 Å². The first-order chi connectivity index (χ1) is 15.0. The number of fused-ring (bicyclic) bond motifs is 1. The minimum Gasteiger partial charge on any atom is -0.444 e. The summed E-state index contributed by atoms with van der Waals surface area (Å²) in [4.78, 5) is 20.9. The minimum absolute atomic E-state index is 0.101. The molecule has 3 aromatic rings. The lowest BCUT2D eigenvalue weighted by atomic mass is 10.1. The van der Waals surface area contributed by atoms with Crippen LogP contribution in [0, 0.1) is 0 Å². The Labute approximate surface area is 178 Å². The number of amides is 1. The van der Waals surface area contributed by atoms with Gasteiger partial charge in [-0.05, 0) is 25.8 Å². The van der Waals surface area contributed by atoms with Gasteiger partial charge < -0.3 is 24.8 Å². The summed E-state index contributed by atoms with van der Waals surface area (Å²) in [5.74, 6) is 1.19. The molecule has 0 aromatic carbocycles. The summed E-state index contributed by atoms with van der Waals surface area (Å²) in [5, 5.41) is 13.4. The molecule has 164 valence electrons. The summed E-state index contributed by atoms with van der Waals surface area (Å²) in [6.45, 7) is 2.79. The molecule has 0 bridgehead atoms. The topological polar surface area (TPSA) is 128 Å². The molecule has 5 rings (SSSR count). The summed E-state index contributed by atoms with van der Waals surface area (Å²) < 4.78 is 18.3. The lowest BCUT2D eigenvalue weighted by Gasteiger charge is -2.15. The number of hydrogen-bond acceptors (Lipinski definition) is 8. The lowest BCUT2D eigenvalue weighted by molar-refractivity contribution is 0.0675. The minimum atomic E-state index is -0.381. The van der Waals surface area contributed by atoms with Gasteiger partial charge in [0.25, 0.3) is 0 Å². The van der Waals surface area contributed by atoms with Gasteiger partial charge in [0.05, 0.1) is 24.6 Å². The van der Waals surface area contributed by atoms with Gasteiger partial charge >= 0.3 is 6.09 Å². The van der Waals surface area contributed by atoms with Gasteiger partial charge in [-0.1, -0.05) is 0 Å². The third-order valence-corrected chi connectivity index (χ3v) is 5.55. The number of carbonyl (C=O) groups excluding carboxylic acids is 1. The fourth-order valence-electron chi connectivity index (χ4n) is 3.60. The van der Waals surface area contributed by atoms with Crippen LogP contribution >= 0.6 is 0 Å². The van der Waals surface area contributed by atoms with Gasteiger partial charge in [0.1, 0.15) is 17.9 Å². The SMILES string of the molecule is COCc1cn2c(Nc3cc([C@H]4C[C@H](OC(=O)NC5(C)CC5)CO4)[nH]n3)nccc2n1. The van der Waals surface area contributed by atoms with Gasteiger partial charge in [-0.2, -0.15) is 5.10 Å². The summed E-state index contributed by atoms with van der Waals surface area (Å²) in [7, 11) is 1.63. The summed E-state index contributed by atoms with van der Waals surface area (Å²) in [6, 6.07) is 3.69. The van der Waals surface area contributed by atoms with E-state index in [-0.39, 0.29) is 23.8 Å². The highest BCUT2D eigenvalue weighted by atomic mass is 16.6. The molecule has 1 saturated heterocycles. The molecule has 31 heavy (non-hydrogen) atoms. The van der Waals surface area contributed by atoms with Crippen LogP contribution in [0.4, 0.5) is 16.6 Å². The Kier molecular flexibility index (Phi) is 4.98. The van der Waals surface area contributed by atoms with E-state index in [0.717, 1.165) is 29.9 Å². The van der Waals surface area contributed by atoms with Crippen molar-refractivity contribution in [1.82, 2.24) is 29.9 Å². The van der Waals surface area contributed by atoms with Crippen molar-refractivity contribution in [3.05, 3.63) is 35.9 Å². The molecule has 11 heteroatoms. The van der Waals surface area contributed by atoms with Gasteiger partial charge in [-0.3, -0.25) is 9.50 Å². The number of hydrogen-bond donors (Lipinski definition) is 3. The van der Waals surface area contributed by atoms with Gasteiger partial charge in [-0.15, -0.1) is 0 Å². The first-order valence-corrected chi connectivity index (χ1v) is 10.3. The molecule has 11 nitrogen and oxygen atoms in total. The molecule has 3 aromatic heterocycles. The largest absolute Gasteiger partial charge is 0.444 e. The second kappa shape index (κ2) is 7.82. The Balaban J connectivity index is 1.22. The number of H-pyrrole nitrogens is 1. The zero-order valence-corrected chi connectivity index (χ0v) is 17.4. The number of anilines is 2. The molecule has 0 spiro atoms. The Morgan fingerprint density at radius 1 is 1.45 bits per heavy atom. The summed E-state index contributed by atoms with van der Waals surface area (Å²) >= 11 is 0. The van der Waals surface area contributed by atoms with Crippen molar-refractivity contribution in [2.24, 2.45) is 0 Å². The molecule has 3 N–H and O–H groups in total. The zero-order chi connectivity index (χ0) is 21.4. The molecule has 1 aliphatic carbocycles. The quantitative estimate of drug-likeness (QED) is 0.525. The van der Waals surface area contributed by atoms with E-state index in [1.807, 2.05) is 29.7 Å². The molecule has 1 aliphatic heterocycles. The van der Waals surface area contributed by atoms with Crippen LogP contribution in [0.15, 0.2) is 24.5 Å². The monoisotopic (exact) mass is 427 g/mol. The molecule has 0 unspecified atom stereocenters. The van der Waals surface area contributed by atoms with Crippen molar-refractivity contribution in [2.75, 3.05) is 19.0 Å². The number of aromatic nitrogens is 5. The fourth-order valence-corrected chi connectivity index (χ4v) is 3.60. The van der Waals surface area contributed by atoms with Crippen molar-refractivity contribution < 1.29 is 19.0 Å². The normalized spacial score (nSPS) is 21.9. The third-order valence-electron chi connectivity index (χ3n) is 5.55. The molecule has 1 amide bonds. The number of methoxy groups -OCH3 is 1. The van der Waals surface area contributed by atoms with E-state index in [2.05, 4.69) is 30.8 Å². The molecular weight excluding hydrogens is 402 g/mol. The molecule has 2 fully saturated rings. The van der Waals surface area contributed by atoms with Crippen LogP contribution in [0.25, 0.3) is 5.65 Å². The van der Waals surface area contributed by atoms with Crippen LogP contribution < -0.4 is 10.6 Å². The predicted octanol–water partition coefficient (Wildman–Crippen LogP) is 2.45. The van der Waals surface area contributed by atoms with Gasteiger partial charge in [-0.25, -0.2) is 14.8 Å². The first-order valence-electron chi connectivity index (χ1n) is 10.3. The molecule has 2 aliphatic rings. The second-order valence-electron chi connectivity index (χ2n) is 8.27. The molecule has 1 saturated carbocycles. The maximum atomic E-state index is 12.0. The number of nitrogens with one attached hydrogen (secondary N) is 3. The Morgan fingerprint density at radius 3 is 3.13 bits per heavy atom. The first kappa shape index (κ1) is 19.8. The number of carbonyl (C=O) groups is 1. The average molecular weight is 427 g/mol. The van der Waals surface area contributed by atoms with E-state index < -0.39 is 0 Å². The standard InChI is InChI=1S/C20H25N7O4/c1-20(4-5-20)24-19(28)31-13-7-15(30-11-13)14-8-16(26-25-14)23-18-21-6-3-17-22-12(10-29-2)9-27(17)18/h3,6,8-9,13,15H,4-5,7,10-11H2,1-2H3,(H,24,28)(H2,21,23,25,26)/t13-,15+/m0/s1. The van der Waals surface area contributed by atoms with E-state index in [1.54, 1.807) is 13.3 Å². The zero-order valence-electron chi connectivity index (χ0n) is 17.4. The smallest absolute Gasteiger partial charge is 0.407 e. The van der Waals surface area contributed by atoms with Crippen LogP contribution in [0.3, 0.4) is 0 Å². The molecule has 0 radical (unpaired) electrons. The van der Waals surface area contributed by atoms with Crippen molar-refractivity contribution >= 4 is 23.5 Å². The average Bonchev–Trinajstić information content (AvgIpc) is 3.16. The van der Waals surface area contributed by atoms with Crippen LogP contribution in [0.2, 0.25) is 0 Å². The third kappa shape index (κ3) is 4.32. The number of aromatic amines is 1. The molecule has 4 heterocycles. The van der Waals surface area contributed by atoms with E-state index in [9.17, 15) is 4.79 Å². The number of rotatable bonds is 7. The van der Waals surface area contributed by atoms with Crippen LogP contribution in [0.5, 0.6) is 0 Å². The number of imidazole rings is 1. The number of alkyl carbamates (subject to hydrolysis) is 1. The van der Waals surface area contributed by atoms with Gasteiger partial charge in [0.2, 0.25) is 5.95 Å². The maximum Gasteiger partial charge on any atom is 0.407 e. The highest BCUT2D eigenvalue weighted by molar-refractivity contribution is 5.69. The Bertz CT molecular complexity index is 1090. The maximum absolute atomic E-state index is 12.0. The van der Waals surface area contributed by atoms with Crippen molar-refractivity contribution in [3.8, 4) is 0 Å².